The molecule has 39 heavy (non-hydrogen) atoms. The van der Waals surface area contributed by atoms with E-state index in [1.54, 1.807) is 54.6 Å². The van der Waals surface area contributed by atoms with Gasteiger partial charge in [-0.1, -0.05) is 48.5 Å². The van der Waals surface area contributed by atoms with E-state index >= 15 is 0 Å². The van der Waals surface area contributed by atoms with Crippen molar-refractivity contribution in [2.75, 3.05) is 6.54 Å². The van der Waals surface area contributed by atoms with Crippen LogP contribution in [0.15, 0.2) is 60.7 Å². The Morgan fingerprint density at radius 1 is 0.744 bits per heavy atom. The maximum absolute atomic E-state index is 13.4. The minimum atomic E-state index is -1.37. The molecule has 0 unspecified atom stereocenters. The number of benzene rings is 2. The van der Waals surface area contributed by atoms with Crippen LogP contribution in [-0.2, 0) is 25.6 Å². The second-order valence-corrected chi connectivity index (χ2v) is 8.76. The Hall–Kier alpha value is -4.94. The minimum absolute atomic E-state index is 0.0740. The van der Waals surface area contributed by atoms with E-state index in [4.69, 9.17) is 22.6 Å². The summed E-state index contributed by atoms with van der Waals surface area (Å²) in [6, 6.07) is 13.8. The highest BCUT2D eigenvalue weighted by atomic mass is 16.2. The predicted octanol–water partition coefficient (Wildman–Crippen LogP) is -1.38. The molecule has 0 radical (unpaired) electrons. The second kappa shape index (κ2) is 15.3. The number of rotatable bonds is 15. The van der Waals surface area contributed by atoms with E-state index < -0.39 is 54.1 Å². The number of primary amides is 2. The van der Waals surface area contributed by atoms with Gasteiger partial charge in [0.2, 0.25) is 23.6 Å². The number of hydrogen-bond acceptors (Lipinski definition) is 6. The number of carbonyl (C=O) groups excluding carboxylic acids is 5. The number of amides is 5. The lowest BCUT2D eigenvalue weighted by molar-refractivity contribution is -0.133. The van der Waals surface area contributed by atoms with Crippen LogP contribution >= 0.6 is 0 Å². The van der Waals surface area contributed by atoms with Gasteiger partial charge in [0, 0.05) is 18.5 Å². The summed E-state index contributed by atoms with van der Waals surface area (Å²) in [4.78, 5) is 62.4. The van der Waals surface area contributed by atoms with Gasteiger partial charge in [-0.15, -0.1) is 0 Å². The smallest absolute Gasteiger partial charge is 0.251 e. The largest absolute Gasteiger partial charge is 0.370 e. The molecule has 0 saturated carbocycles. The number of nitrogens with two attached hydrogens (primary N) is 3. The van der Waals surface area contributed by atoms with Crippen LogP contribution in [0.4, 0.5) is 0 Å². The van der Waals surface area contributed by atoms with Crippen LogP contribution in [0.2, 0.25) is 0 Å². The number of hydrogen-bond donors (Lipinski definition) is 8. The molecule has 0 saturated heterocycles. The zero-order chi connectivity index (χ0) is 28.8. The Bertz CT molecular complexity index is 1160. The fourth-order valence-electron chi connectivity index (χ4n) is 3.66. The maximum atomic E-state index is 13.4. The Morgan fingerprint density at radius 3 is 1.87 bits per heavy atom. The summed E-state index contributed by atoms with van der Waals surface area (Å²) < 4.78 is 0. The first-order valence-electron chi connectivity index (χ1n) is 12.2. The quantitative estimate of drug-likeness (QED) is 0.0767. The van der Waals surface area contributed by atoms with Crippen molar-refractivity contribution in [1.82, 2.24) is 21.3 Å². The molecule has 5 amide bonds. The van der Waals surface area contributed by atoms with Gasteiger partial charge in [0.15, 0.2) is 5.96 Å². The van der Waals surface area contributed by atoms with Crippen molar-refractivity contribution in [2.24, 2.45) is 17.2 Å². The van der Waals surface area contributed by atoms with Gasteiger partial charge >= 0.3 is 0 Å². The normalized spacial score (nSPS) is 12.7. The summed E-state index contributed by atoms with van der Waals surface area (Å²) in [6.07, 6.45) is -0.00616. The molecule has 2 aromatic rings. The van der Waals surface area contributed by atoms with E-state index in [-0.39, 0.29) is 25.3 Å². The Balaban J connectivity index is 2.24. The highest BCUT2D eigenvalue weighted by Crippen LogP contribution is 2.08. The standard InChI is InChI=1S/C26H34N8O5/c27-21(35)15-19(22(28)36)33-24(38)18(12-7-13-31-26(29)30)32-25(39)20(14-16-8-3-1-4-9-16)34-23(37)17-10-5-2-6-11-17/h1-6,8-11,18-20H,7,12-15H2,(H2,27,35)(H2,28,36)(H,32,39)(H,33,38)(H,34,37)(H4,29,30,31)/t18-,19-,20-/m0/s1. The lowest BCUT2D eigenvalue weighted by Crippen LogP contribution is -2.57. The van der Waals surface area contributed by atoms with Crippen LogP contribution in [0.5, 0.6) is 0 Å². The molecule has 11 N–H and O–H groups in total. The van der Waals surface area contributed by atoms with E-state index in [2.05, 4.69) is 21.3 Å². The van der Waals surface area contributed by atoms with Gasteiger partial charge < -0.3 is 38.5 Å². The third kappa shape index (κ3) is 10.9. The summed E-state index contributed by atoms with van der Waals surface area (Å²) in [5.74, 6) is -3.98. The van der Waals surface area contributed by atoms with Crippen molar-refractivity contribution >= 4 is 35.5 Å². The predicted molar refractivity (Wildman–Crippen MR) is 144 cm³/mol. The van der Waals surface area contributed by atoms with E-state index in [1.165, 1.54) is 0 Å². The van der Waals surface area contributed by atoms with Crippen molar-refractivity contribution in [3.8, 4) is 0 Å². The van der Waals surface area contributed by atoms with Crippen molar-refractivity contribution in [3.05, 3.63) is 71.8 Å². The van der Waals surface area contributed by atoms with Crippen molar-refractivity contribution in [3.63, 3.8) is 0 Å². The third-order valence-electron chi connectivity index (χ3n) is 5.62. The van der Waals surface area contributed by atoms with E-state index in [0.717, 1.165) is 5.56 Å². The molecule has 0 aromatic heterocycles. The molecule has 2 rings (SSSR count). The highest BCUT2D eigenvalue weighted by Gasteiger charge is 2.30. The van der Waals surface area contributed by atoms with E-state index in [1.807, 2.05) is 6.07 Å². The summed E-state index contributed by atoms with van der Waals surface area (Å²) >= 11 is 0. The van der Waals surface area contributed by atoms with Gasteiger partial charge in [0.25, 0.3) is 5.91 Å². The number of nitrogens with one attached hydrogen (secondary N) is 5. The molecule has 13 heteroatoms. The summed E-state index contributed by atoms with van der Waals surface area (Å²) in [5, 5.41) is 17.6. The van der Waals surface area contributed by atoms with Crippen molar-refractivity contribution < 1.29 is 24.0 Å². The third-order valence-corrected chi connectivity index (χ3v) is 5.62. The molecule has 208 valence electrons. The first-order valence-corrected chi connectivity index (χ1v) is 12.2. The van der Waals surface area contributed by atoms with Gasteiger partial charge in [-0.25, -0.2) is 0 Å². The fraction of sp³-hybridized carbons (Fsp3) is 0.308. The summed E-state index contributed by atoms with van der Waals surface area (Å²) in [6.45, 7) is 0.230. The van der Waals surface area contributed by atoms with Crippen molar-refractivity contribution in [1.29, 1.82) is 5.41 Å². The first kappa shape index (κ1) is 30.3. The molecule has 0 heterocycles. The zero-order valence-corrected chi connectivity index (χ0v) is 21.3. The van der Waals surface area contributed by atoms with Gasteiger partial charge in [-0.05, 0) is 30.5 Å². The molecule has 0 aliphatic heterocycles. The monoisotopic (exact) mass is 538 g/mol. The number of carbonyl (C=O) groups is 5. The zero-order valence-electron chi connectivity index (χ0n) is 21.3. The van der Waals surface area contributed by atoms with Gasteiger partial charge in [0.1, 0.15) is 18.1 Å². The number of guanidine groups is 1. The molecule has 0 bridgehead atoms. The Labute approximate surface area is 225 Å². The van der Waals surface area contributed by atoms with Crippen LogP contribution in [-0.4, -0.2) is 60.2 Å². The lowest BCUT2D eigenvalue weighted by Gasteiger charge is -2.25. The topological polar surface area (TPSA) is 235 Å². The van der Waals surface area contributed by atoms with Gasteiger partial charge in [-0.2, -0.15) is 0 Å². The molecule has 2 aromatic carbocycles. The molecule has 0 fully saturated rings. The lowest BCUT2D eigenvalue weighted by atomic mass is 10.0. The first-order chi connectivity index (χ1) is 18.6. The average molecular weight is 539 g/mol. The molecule has 0 spiro atoms. The van der Waals surface area contributed by atoms with E-state index in [9.17, 15) is 24.0 Å². The molecule has 0 aliphatic rings. The molecular formula is C26H34N8O5. The molecule has 3 atom stereocenters. The SMILES string of the molecule is N=C(N)NCCC[C@H](NC(=O)[C@H](Cc1ccccc1)NC(=O)c1ccccc1)C(=O)N[C@@H](CC(N)=O)C(N)=O. The van der Waals surface area contributed by atoms with Gasteiger partial charge in [0.05, 0.1) is 6.42 Å². The summed E-state index contributed by atoms with van der Waals surface area (Å²) in [5.41, 5.74) is 16.9. The van der Waals surface area contributed by atoms with Crippen LogP contribution in [0.1, 0.15) is 35.2 Å². The van der Waals surface area contributed by atoms with Crippen LogP contribution in [0.3, 0.4) is 0 Å². The Kier molecular flexibility index (Phi) is 11.9. The van der Waals surface area contributed by atoms with Crippen molar-refractivity contribution in [2.45, 2.75) is 43.8 Å². The maximum Gasteiger partial charge on any atom is 0.251 e. The molecule has 13 nitrogen and oxygen atoms in total. The molecule has 0 aliphatic carbocycles. The van der Waals surface area contributed by atoms with E-state index in [0.29, 0.717) is 12.0 Å². The summed E-state index contributed by atoms with van der Waals surface area (Å²) in [7, 11) is 0. The average Bonchev–Trinajstić information content (AvgIpc) is 2.90. The molecular weight excluding hydrogens is 504 g/mol. The Morgan fingerprint density at radius 2 is 1.31 bits per heavy atom. The second-order valence-electron chi connectivity index (χ2n) is 8.76. The van der Waals surface area contributed by atoms with Gasteiger partial charge in [-0.3, -0.25) is 29.4 Å². The van der Waals surface area contributed by atoms with Crippen LogP contribution < -0.4 is 38.5 Å². The fourth-order valence-corrected chi connectivity index (χ4v) is 3.66. The van der Waals surface area contributed by atoms with Crippen LogP contribution in [0.25, 0.3) is 0 Å². The van der Waals surface area contributed by atoms with Crippen LogP contribution in [0, 0.1) is 5.41 Å². The minimum Gasteiger partial charge on any atom is -0.370 e. The highest BCUT2D eigenvalue weighted by molar-refractivity contribution is 5.99.